The number of rotatable bonds is 7. The summed E-state index contributed by atoms with van der Waals surface area (Å²) in [6, 6.07) is 17.3. The number of methoxy groups -OCH3 is 1. The molecule has 31 heavy (non-hydrogen) atoms. The monoisotopic (exact) mass is 434 g/mol. The average Bonchev–Trinajstić information content (AvgIpc) is 3.21. The van der Waals surface area contributed by atoms with Crippen molar-refractivity contribution >= 4 is 28.5 Å². The summed E-state index contributed by atoms with van der Waals surface area (Å²) >= 11 is 6.04. The predicted octanol–water partition coefficient (Wildman–Crippen LogP) is 5.02. The predicted molar refractivity (Wildman–Crippen MR) is 123 cm³/mol. The van der Waals surface area contributed by atoms with Gasteiger partial charge in [0.1, 0.15) is 0 Å². The van der Waals surface area contributed by atoms with Crippen LogP contribution in [-0.2, 0) is 4.74 Å². The second kappa shape index (κ2) is 9.29. The van der Waals surface area contributed by atoms with E-state index in [9.17, 15) is 4.79 Å². The van der Waals surface area contributed by atoms with Crippen molar-refractivity contribution in [3.63, 3.8) is 0 Å². The number of ether oxygens (including phenoxy) is 1. The van der Waals surface area contributed by atoms with E-state index in [2.05, 4.69) is 15.5 Å². The quantitative estimate of drug-likeness (QED) is 0.400. The van der Waals surface area contributed by atoms with E-state index in [1.54, 1.807) is 7.11 Å². The molecule has 2 heterocycles. The van der Waals surface area contributed by atoms with E-state index in [4.69, 9.17) is 21.3 Å². The lowest BCUT2D eigenvalue weighted by Crippen LogP contribution is -2.25. The van der Waals surface area contributed by atoms with E-state index >= 15 is 0 Å². The number of fused-ring (bicyclic) bond motifs is 1. The van der Waals surface area contributed by atoms with Crippen LogP contribution in [0.2, 0.25) is 5.02 Å². The van der Waals surface area contributed by atoms with Gasteiger partial charge in [-0.05, 0) is 31.5 Å². The lowest BCUT2D eigenvalue weighted by molar-refractivity contribution is 0.0950. The molecule has 0 saturated carbocycles. The number of carbonyl (C=O) groups excluding carboxylic acids is 1. The normalized spacial score (nSPS) is 11.1. The molecule has 2 aromatic carbocycles. The number of nitrogens with zero attached hydrogens (tertiary/aromatic N) is 2. The van der Waals surface area contributed by atoms with Crippen molar-refractivity contribution in [2.45, 2.75) is 13.3 Å². The maximum atomic E-state index is 13.2. The van der Waals surface area contributed by atoms with E-state index in [0.29, 0.717) is 40.5 Å². The van der Waals surface area contributed by atoms with E-state index in [0.717, 1.165) is 28.8 Å². The molecule has 4 aromatic rings. The van der Waals surface area contributed by atoms with Crippen LogP contribution in [0.3, 0.4) is 0 Å². The Hall–Kier alpha value is -3.22. The Morgan fingerprint density at radius 1 is 1.10 bits per heavy atom. The van der Waals surface area contributed by atoms with Gasteiger partial charge in [0.15, 0.2) is 5.65 Å². The van der Waals surface area contributed by atoms with Crippen LogP contribution in [0.15, 0.2) is 54.6 Å². The van der Waals surface area contributed by atoms with Gasteiger partial charge in [0, 0.05) is 36.4 Å². The number of aromatic amines is 1. The van der Waals surface area contributed by atoms with Crippen molar-refractivity contribution in [3.05, 3.63) is 70.7 Å². The van der Waals surface area contributed by atoms with Gasteiger partial charge >= 0.3 is 0 Å². The van der Waals surface area contributed by atoms with Crippen LogP contribution in [-0.4, -0.2) is 41.3 Å². The molecule has 0 bridgehead atoms. The number of halogens is 1. The third-order valence-corrected chi connectivity index (χ3v) is 5.31. The summed E-state index contributed by atoms with van der Waals surface area (Å²) in [5, 5.41) is 11.8. The van der Waals surface area contributed by atoms with E-state index in [1.165, 1.54) is 0 Å². The average molecular weight is 435 g/mol. The fraction of sp³-hybridized carbons (Fsp3) is 0.208. The van der Waals surface area contributed by atoms with Gasteiger partial charge in [-0.3, -0.25) is 9.89 Å². The van der Waals surface area contributed by atoms with E-state index < -0.39 is 0 Å². The van der Waals surface area contributed by atoms with Crippen molar-refractivity contribution in [2.75, 3.05) is 20.3 Å². The standard InChI is InChI=1S/C24H23ClN4O2/c1-15-4-6-16(7-5-15)20-14-19(24(30)26-12-3-13-31-2)21-22(28-29-23(21)27-20)17-8-10-18(25)11-9-17/h4-11,14H,3,12-13H2,1-2H3,(H,26,30)(H,27,28,29). The first-order chi connectivity index (χ1) is 15.1. The number of amides is 1. The third-order valence-electron chi connectivity index (χ3n) is 5.06. The molecule has 2 aromatic heterocycles. The van der Waals surface area contributed by atoms with Crippen molar-refractivity contribution in [1.29, 1.82) is 0 Å². The molecule has 0 saturated heterocycles. The van der Waals surface area contributed by atoms with Crippen LogP contribution >= 0.6 is 11.6 Å². The largest absolute Gasteiger partial charge is 0.385 e. The first kappa shape index (κ1) is 21.0. The van der Waals surface area contributed by atoms with E-state index in [1.807, 2.05) is 61.5 Å². The molecular weight excluding hydrogens is 412 g/mol. The first-order valence-electron chi connectivity index (χ1n) is 10.1. The molecule has 0 fully saturated rings. The summed E-state index contributed by atoms with van der Waals surface area (Å²) in [4.78, 5) is 17.9. The van der Waals surface area contributed by atoms with Crippen LogP contribution in [0.1, 0.15) is 22.3 Å². The zero-order chi connectivity index (χ0) is 21.8. The molecule has 158 valence electrons. The summed E-state index contributed by atoms with van der Waals surface area (Å²) in [5.41, 5.74) is 5.41. The number of pyridine rings is 1. The highest BCUT2D eigenvalue weighted by Crippen LogP contribution is 2.32. The highest BCUT2D eigenvalue weighted by Gasteiger charge is 2.20. The third kappa shape index (κ3) is 4.60. The van der Waals surface area contributed by atoms with E-state index in [-0.39, 0.29) is 5.91 Å². The molecule has 7 heteroatoms. The number of aromatic nitrogens is 3. The summed E-state index contributed by atoms with van der Waals surface area (Å²) in [6.07, 6.45) is 0.733. The maximum absolute atomic E-state index is 13.2. The number of nitrogens with one attached hydrogen (secondary N) is 2. The van der Waals surface area contributed by atoms with Crippen LogP contribution < -0.4 is 5.32 Å². The molecule has 0 aliphatic carbocycles. The molecule has 0 spiro atoms. The molecule has 0 unspecified atom stereocenters. The molecule has 0 radical (unpaired) electrons. The van der Waals surface area contributed by atoms with Gasteiger partial charge in [-0.15, -0.1) is 0 Å². The maximum Gasteiger partial charge on any atom is 0.252 e. The van der Waals surface area contributed by atoms with Crippen LogP contribution in [0.5, 0.6) is 0 Å². The van der Waals surface area contributed by atoms with Gasteiger partial charge in [0.25, 0.3) is 5.91 Å². The van der Waals surface area contributed by atoms with Gasteiger partial charge in [-0.2, -0.15) is 5.10 Å². The van der Waals surface area contributed by atoms with Gasteiger partial charge in [-0.1, -0.05) is 53.6 Å². The Bertz CT molecular complexity index is 1200. The van der Waals surface area contributed by atoms with Gasteiger partial charge in [0.05, 0.1) is 22.3 Å². The molecule has 4 rings (SSSR count). The zero-order valence-corrected chi connectivity index (χ0v) is 18.2. The van der Waals surface area contributed by atoms with Crippen LogP contribution in [0.25, 0.3) is 33.5 Å². The molecule has 0 aliphatic heterocycles. The fourth-order valence-corrected chi connectivity index (χ4v) is 3.54. The summed E-state index contributed by atoms with van der Waals surface area (Å²) < 4.78 is 5.07. The Labute approximate surface area is 185 Å². The van der Waals surface area contributed by atoms with Crippen molar-refractivity contribution in [2.24, 2.45) is 0 Å². The minimum atomic E-state index is -0.173. The molecule has 0 atom stereocenters. The number of benzene rings is 2. The molecule has 1 amide bonds. The molecule has 0 aliphatic rings. The number of hydrogen-bond acceptors (Lipinski definition) is 4. The number of hydrogen-bond donors (Lipinski definition) is 2. The van der Waals surface area contributed by atoms with Crippen molar-refractivity contribution in [3.8, 4) is 22.5 Å². The number of carbonyl (C=O) groups is 1. The Morgan fingerprint density at radius 3 is 2.52 bits per heavy atom. The lowest BCUT2D eigenvalue weighted by Gasteiger charge is -2.10. The second-order valence-corrected chi connectivity index (χ2v) is 7.76. The topological polar surface area (TPSA) is 79.9 Å². The Morgan fingerprint density at radius 2 is 1.81 bits per heavy atom. The highest BCUT2D eigenvalue weighted by molar-refractivity contribution is 6.30. The Balaban J connectivity index is 1.82. The SMILES string of the molecule is COCCCNC(=O)c1cc(-c2ccc(C)cc2)nc2n[nH]c(-c3ccc(Cl)cc3)c12. The lowest BCUT2D eigenvalue weighted by atomic mass is 10.0. The fourth-order valence-electron chi connectivity index (χ4n) is 3.41. The molecule has 6 nitrogen and oxygen atoms in total. The number of H-pyrrole nitrogens is 1. The minimum Gasteiger partial charge on any atom is -0.385 e. The van der Waals surface area contributed by atoms with Gasteiger partial charge in [-0.25, -0.2) is 4.98 Å². The second-order valence-electron chi connectivity index (χ2n) is 7.33. The Kier molecular flexibility index (Phi) is 6.30. The van der Waals surface area contributed by atoms with Crippen LogP contribution in [0, 0.1) is 6.92 Å². The minimum absolute atomic E-state index is 0.173. The summed E-state index contributed by atoms with van der Waals surface area (Å²) in [6.45, 7) is 3.14. The van der Waals surface area contributed by atoms with Gasteiger partial charge in [0.2, 0.25) is 0 Å². The van der Waals surface area contributed by atoms with Crippen LogP contribution in [0.4, 0.5) is 0 Å². The summed E-state index contributed by atoms with van der Waals surface area (Å²) in [5.74, 6) is -0.173. The zero-order valence-electron chi connectivity index (χ0n) is 17.4. The number of aryl methyl sites for hydroxylation is 1. The van der Waals surface area contributed by atoms with Crippen molar-refractivity contribution in [1.82, 2.24) is 20.5 Å². The van der Waals surface area contributed by atoms with Gasteiger partial charge < -0.3 is 10.1 Å². The molecular formula is C24H23ClN4O2. The summed E-state index contributed by atoms with van der Waals surface area (Å²) in [7, 11) is 1.64. The highest BCUT2D eigenvalue weighted by atomic mass is 35.5. The first-order valence-corrected chi connectivity index (χ1v) is 10.4. The van der Waals surface area contributed by atoms with Crippen molar-refractivity contribution < 1.29 is 9.53 Å². The molecule has 2 N–H and O–H groups in total. The smallest absolute Gasteiger partial charge is 0.252 e.